The minimum atomic E-state index is -0.434. The van der Waals surface area contributed by atoms with Crippen LogP contribution in [0.3, 0.4) is 0 Å². The molecule has 10 heteroatoms. The fraction of sp³-hybridized carbons (Fsp3) is 0.200. The molecule has 35 heavy (non-hydrogen) atoms. The number of carbonyl (C=O) groups is 2. The number of anilines is 1. The van der Waals surface area contributed by atoms with Gasteiger partial charge in [-0.3, -0.25) is 9.59 Å². The van der Waals surface area contributed by atoms with Crippen molar-refractivity contribution in [3.63, 3.8) is 0 Å². The minimum absolute atomic E-state index is 0.0993. The van der Waals surface area contributed by atoms with Crippen LogP contribution in [0.15, 0.2) is 64.5 Å². The van der Waals surface area contributed by atoms with Gasteiger partial charge in [0, 0.05) is 30.8 Å². The molecule has 2 aliphatic rings. The molecule has 2 amide bonds. The summed E-state index contributed by atoms with van der Waals surface area (Å²) >= 11 is 1.52. The Morgan fingerprint density at radius 2 is 2.03 bits per heavy atom. The third-order valence-corrected chi connectivity index (χ3v) is 6.83. The first kappa shape index (κ1) is 21.4. The van der Waals surface area contributed by atoms with E-state index in [1.165, 1.54) is 11.3 Å². The van der Waals surface area contributed by atoms with Gasteiger partial charge in [-0.05, 0) is 41.3 Å². The van der Waals surface area contributed by atoms with Gasteiger partial charge >= 0.3 is 0 Å². The van der Waals surface area contributed by atoms with E-state index in [0.717, 1.165) is 16.0 Å². The Labute approximate surface area is 204 Å². The van der Waals surface area contributed by atoms with Crippen LogP contribution in [0.1, 0.15) is 12.0 Å². The number of amides is 2. The first-order valence-corrected chi connectivity index (χ1v) is 12.0. The summed E-state index contributed by atoms with van der Waals surface area (Å²) in [5.41, 5.74) is 2.33. The molecule has 2 aromatic heterocycles. The van der Waals surface area contributed by atoms with Crippen LogP contribution in [-0.4, -0.2) is 35.3 Å². The first-order valence-electron chi connectivity index (χ1n) is 11.1. The van der Waals surface area contributed by atoms with Crippen LogP contribution in [0.4, 0.5) is 5.69 Å². The number of benzene rings is 2. The molecule has 0 radical (unpaired) electrons. The summed E-state index contributed by atoms with van der Waals surface area (Å²) in [4.78, 5) is 32.6. The lowest BCUT2D eigenvalue weighted by Crippen LogP contribution is -2.32. The van der Waals surface area contributed by atoms with Crippen LogP contribution >= 0.6 is 11.3 Å². The van der Waals surface area contributed by atoms with E-state index in [2.05, 4.69) is 15.5 Å². The summed E-state index contributed by atoms with van der Waals surface area (Å²) in [7, 11) is 0. The number of fused-ring (bicyclic) bond motifs is 1. The van der Waals surface area contributed by atoms with Gasteiger partial charge in [0.15, 0.2) is 11.5 Å². The lowest BCUT2D eigenvalue weighted by molar-refractivity contribution is -0.126. The van der Waals surface area contributed by atoms with Crippen molar-refractivity contribution in [3.05, 3.63) is 65.5 Å². The summed E-state index contributed by atoms with van der Waals surface area (Å²) in [6, 6.07) is 16.8. The monoisotopic (exact) mass is 488 g/mol. The van der Waals surface area contributed by atoms with Crippen molar-refractivity contribution in [2.24, 2.45) is 5.92 Å². The molecule has 2 aliphatic heterocycles. The molecular formula is C25H20N4O5S. The van der Waals surface area contributed by atoms with E-state index in [4.69, 9.17) is 14.0 Å². The van der Waals surface area contributed by atoms with Crippen molar-refractivity contribution in [2.75, 3.05) is 18.2 Å². The maximum Gasteiger partial charge on any atom is 0.268 e. The van der Waals surface area contributed by atoms with Crippen LogP contribution < -0.4 is 19.7 Å². The standard InChI is InChI=1S/C25H20N4O5S/c30-22-11-17(24(31)26-12-15-6-7-19-20(9-15)33-14-32-19)13-29(22)18-4-1-3-16(10-18)23-27-25(34-28-23)21-5-2-8-35-21/h1-10,17H,11-14H2,(H,26,31)/t17-/m0/s1. The van der Waals surface area contributed by atoms with Gasteiger partial charge in [0.2, 0.25) is 24.4 Å². The minimum Gasteiger partial charge on any atom is -0.454 e. The van der Waals surface area contributed by atoms with Crippen molar-refractivity contribution in [2.45, 2.75) is 13.0 Å². The predicted molar refractivity (Wildman–Crippen MR) is 128 cm³/mol. The van der Waals surface area contributed by atoms with Gasteiger partial charge in [-0.1, -0.05) is 29.4 Å². The molecule has 1 N–H and O–H groups in total. The van der Waals surface area contributed by atoms with Gasteiger partial charge in [-0.2, -0.15) is 4.98 Å². The molecule has 1 fully saturated rings. The number of nitrogens with one attached hydrogen (secondary N) is 1. The van der Waals surface area contributed by atoms with Crippen LogP contribution in [0.2, 0.25) is 0 Å². The molecule has 0 unspecified atom stereocenters. The SMILES string of the molecule is O=C(NCc1ccc2c(c1)OCO2)[C@H]1CC(=O)N(c2cccc(-c3noc(-c4cccs4)n3)c2)C1. The molecule has 1 saturated heterocycles. The lowest BCUT2D eigenvalue weighted by Gasteiger charge is -2.17. The Bertz CT molecular complexity index is 1400. The molecule has 4 heterocycles. The summed E-state index contributed by atoms with van der Waals surface area (Å²) in [5.74, 6) is 1.57. The highest BCUT2D eigenvalue weighted by Gasteiger charge is 2.35. The third-order valence-electron chi connectivity index (χ3n) is 5.97. The number of ether oxygens (including phenoxy) is 2. The topological polar surface area (TPSA) is 107 Å². The van der Waals surface area contributed by atoms with Crippen molar-refractivity contribution < 1.29 is 23.6 Å². The van der Waals surface area contributed by atoms with E-state index in [-0.39, 0.29) is 25.0 Å². The van der Waals surface area contributed by atoms with Crippen molar-refractivity contribution in [1.82, 2.24) is 15.5 Å². The van der Waals surface area contributed by atoms with Crippen molar-refractivity contribution in [1.29, 1.82) is 0 Å². The number of hydrogen-bond acceptors (Lipinski definition) is 8. The zero-order chi connectivity index (χ0) is 23.8. The van der Waals surface area contributed by atoms with Crippen LogP contribution in [0.25, 0.3) is 22.2 Å². The van der Waals surface area contributed by atoms with Crippen molar-refractivity contribution in [3.8, 4) is 33.7 Å². The Kier molecular flexibility index (Phi) is 5.42. The van der Waals surface area contributed by atoms with Gasteiger partial charge in [-0.25, -0.2) is 0 Å². The third kappa shape index (κ3) is 4.24. The van der Waals surface area contributed by atoms with Crippen LogP contribution in [0.5, 0.6) is 11.5 Å². The molecular weight excluding hydrogens is 468 g/mol. The number of thiophene rings is 1. The molecule has 176 valence electrons. The highest BCUT2D eigenvalue weighted by molar-refractivity contribution is 7.13. The molecule has 2 aromatic carbocycles. The summed E-state index contributed by atoms with van der Waals surface area (Å²) in [5, 5.41) is 8.96. The van der Waals surface area contributed by atoms with E-state index < -0.39 is 5.92 Å². The highest BCUT2D eigenvalue weighted by atomic mass is 32.1. The number of nitrogens with zero attached hydrogens (tertiary/aromatic N) is 3. The molecule has 0 bridgehead atoms. The van der Waals surface area contributed by atoms with E-state index >= 15 is 0 Å². The van der Waals surface area contributed by atoms with E-state index in [1.807, 2.05) is 60.0 Å². The van der Waals surface area contributed by atoms with E-state index in [9.17, 15) is 9.59 Å². The average Bonchev–Trinajstić information content (AvgIpc) is 3.68. The maximum atomic E-state index is 12.8. The maximum absolute atomic E-state index is 12.8. The fourth-order valence-electron chi connectivity index (χ4n) is 4.17. The highest BCUT2D eigenvalue weighted by Crippen LogP contribution is 2.33. The fourth-order valence-corrected chi connectivity index (χ4v) is 4.82. The van der Waals surface area contributed by atoms with Gasteiger partial charge in [-0.15, -0.1) is 11.3 Å². The number of carbonyl (C=O) groups excluding carboxylic acids is 2. The second kappa shape index (κ2) is 8.88. The van der Waals surface area contributed by atoms with Gasteiger partial charge < -0.3 is 24.2 Å². The molecule has 0 aliphatic carbocycles. The molecule has 6 rings (SSSR count). The Hall–Kier alpha value is -4.18. The summed E-state index contributed by atoms with van der Waals surface area (Å²) in [6.45, 7) is 0.858. The Balaban J connectivity index is 1.12. The molecule has 0 spiro atoms. The smallest absolute Gasteiger partial charge is 0.268 e. The van der Waals surface area contributed by atoms with E-state index in [1.54, 1.807) is 4.90 Å². The van der Waals surface area contributed by atoms with Gasteiger partial charge in [0.25, 0.3) is 5.89 Å². The van der Waals surface area contributed by atoms with Crippen molar-refractivity contribution >= 4 is 28.8 Å². The molecule has 4 aromatic rings. The number of hydrogen-bond donors (Lipinski definition) is 1. The average molecular weight is 489 g/mol. The van der Waals surface area contributed by atoms with Gasteiger partial charge in [0.1, 0.15) is 0 Å². The lowest BCUT2D eigenvalue weighted by atomic mass is 10.1. The summed E-state index contributed by atoms with van der Waals surface area (Å²) in [6.07, 6.45) is 0.155. The van der Waals surface area contributed by atoms with Crippen LogP contribution in [-0.2, 0) is 16.1 Å². The second-order valence-corrected chi connectivity index (χ2v) is 9.21. The first-order chi connectivity index (χ1) is 17.1. The van der Waals surface area contributed by atoms with Crippen LogP contribution in [0, 0.1) is 5.92 Å². The quantitative estimate of drug-likeness (QED) is 0.439. The summed E-state index contributed by atoms with van der Waals surface area (Å²) < 4.78 is 16.1. The molecule has 9 nitrogen and oxygen atoms in total. The van der Waals surface area contributed by atoms with E-state index in [0.29, 0.717) is 42.0 Å². The molecule has 0 saturated carbocycles. The van der Waals surface area contributed by atoms with Gasteiger partial charge in [0.05, 0.1) is 10.8 Å². The number of aromatic nitrogens is 2. The largest absolute Gasteiger partial charge is 0.454 e. The zero-order valence-corrected chi connectivity index (χ0v) is 19.3. The molecule has 1 atom stereocenters. The zero-order valence-electron chi connectivity index (χ0n) is 18.5. The Morgan fingerprint density at radius 3 is 2.91 bits per heavy atom. The Morgan fingerprint density at radius 1 is 1.11 bits per heavy atom. The normalized spacial score (nSPS) is 16.6. The number of rotatable bonds is 6. The predicted octanol–water partition coefficient (Wildman–Crippen LogP) is 3.86. The second-order valence-electron chi connectivity index (χ2n) is 8.26.